The Balaban J connectivity index is 1.89. The third kappa shape index (κ3) is 7.07. The fourth-order valence-electron chi connectivity index (χ4n) is 2.81. The fourth-order valence-corrected chi connectivity index (χ4v) is 3.77. The van der Waals surface area contributed by atoms with Gasteiger partial charge in [0, 0.05) is 31.5 Å². The maximum Gasteiger partial charge on any atom is 0.251 e. The molecule has 2 aromatic rings. The van der Waals surface area contributed by atoms with Crippen LogP contribution in [0.4, 0.5) is 0 Å². The number of phenolic OH excluding ortho intramolecular Hbond substituents is 1. The molecular formula is C21H28N4O4S. The van der Waals surface area contributed by atoms with Crippen LogP contribution in [-0.2, 0) is 16.4 Å². The van der Waals surface area contributed by atoms with E-state index in [4.69, 9.17) is 0 Å². The van der Waals surface area contributed by atoms with Gasteiger partial charge in [0.2, 0.25) is 0 Å². The molecule has 0 unspecified atom stereocenters. The number of hydrogen-bond donors (Lipinski definition) is 4. The summed E-state index contributed by atoms with van der Waals surface area (Å²) in [5.41, 5.74) is 2.07. The molecule has 0 aliphatic rings. The van der Waals surface area contributed by atoms with Crippen LogP contribution in [0.2, 0.25) is 0 Å². The summed E-state index contributed by atoms with van der Waals surface area (Å²) in [4.78, 5) is 16.9. The zero-order valence-corrected chi connectivity index (χ0v) is 18.2. The zero-order chi connectivity index (χ0) is 22.1. The molecule has 0 saturated heterocycles. The van der Waals surface area contributed by atoms with Crippen molar-refractivity contribution in [3.05, 3.63) is 59.2 Å². The van der Waals surface area contributed by atoms with Gasteiger partial charge in [-0.15, -0.1) is 0 Å². The molecule has 0 aliphatic carbocycles. The van der Waals surface area contributed by atoms with Crippen molar-refractivity contribution in [3.8, 4) is 5.75 Å². The molecule has 30 heavy (non-hydrogen) atoms. The Morgan fingerprint density at radius 2 is 1.70 bits per heavy atom. The van der Waals surface area contributed by atoms with Crippen LogP contribution in [0.25, 0.3) is 0 Å². The first kappa shape index (κ1) is 23.2. The Morgan fingerprint density at radius 1 is 1.03 bits per heavy atom. The molecule has 162 valence electrons. The van der Waals surface area contributed by atoms with Gasteiger partial charge >= 0.3 is 0 Å². The SMILES string of the molecule is CCNC(=NCc1ccc(S(C)(=O)=O)c(C)c1)NCCNC(=O)c1ccc(O)cc1. The number of guanidine groups is 1. The highest BCUT2D eigenvalue weighted by Crippen LogP contribution is 2.17. The number of hydrogen-bond acceptors (Lipinski definition) is 5. The smallest absolute Gasteiger partial charge is 0.251 e. The monoisotopic (exact) mass is 432 g/mol. The largest absolute Gasteiger partial charge is 0.508 e. The van der Waals surface area contributed by atoms with Crippen molar-refractivity contribution in [1.82, 2.24) is 16.0 Å². The molecule has 0 spiro atoms. The maximum atomic E-state index is 12.1. The lowest BCUT2D eigenvalue weighted by molar-refractivity contribution is 0.0954. The van der Waals surface area contributed by atoms with E-state index in [-0.39, 0.29) is 11.7 Å². The van der Waals surface area contributed by atoms with Crippen LogP contribution < -0.4 is 16.0 Å². The number of phenols is 1. The van der Waals surface area contributed by atoms with Crippen LogP contribution in [0.3, 0.4) is 0 Å². The summed E-state index contributed by atoms with van der Waals surface area (Å²) >= 11 is 0. The summed E-state index contributed by atoms with van der Waals surface area (Å²) < 4.78 is 23.5. The molecule has 0 bridgehead atoms. The molecule has 2 aromatic carbocycles. The molecule has 0 radical (unpaired) electrons. The lowest BCUT2D eigenvalue weighted by Crippen LogP contribution is -2.41. The summed E-state index contributed by atoms with van der Waals surface area (Å²) in [6.07, 6.45) is 1.20. The minimum absolute atomic E-state index is 0.112. The molecule has 8 nitrogen and oxygen atoms in total. The molecule has 9 heteroatoms. The van der Waals surface area contributed by atoms with E-state index in [1.54, 1.807) is 31.2 Å². The number of rotatable bonds is 8. The molecule has 0 fully saturated rings. The summed E-state index contributed by atoms with van der Waals surface area (Å²) in [5.74, 6) is 0.488. The Hall–Kier alpha value is -3.07. The Bertz CT molecular complexity index is 1000. The van der Waals surface area contributed by atoms with E-state index in [2.05, 4.69) is 20.9 Å². The maximum absolute atomic E-state index is 12.1. The number of nitrogens with one attached hydrogen (secondary N) is 3. The molecule has 0 aliphatic heterocycles. The highest BCUT2D eigenvalue weighted by atomic mass is 32.2. The fraction of sp³-hybridized carbons (Fsp3) is 0.333. The van der Waals surface area contributed by atoms with Gasteiger partial charge in [-0.2, -0.15) is 0 Å². The van der Waals surface area contributed by atoms with Crippen molar-refractivity contribution < 1.29 is 18.3 Å². The summed E-state index contributed by atoms with van der Waals surface area (Å²) in [6, 6.07) is 11.2. The van der Waals surface area contributed by atoms with Crippen molar-refractivity contribution in [2.75, 3.05) is 25.9 Å². The van der Waals surface area contributed by atoms with Crippen LogP contribution in [0.1, 0.15) is 28.4 Å². The lowest BCUT2D eigenvalue weighted by Gasteiger charge is -2.12. The topological polar surface area (TPSA) is 120 Å². The van der Waals surface area contributed by atoms with Crippen LogP contribution in [0, 0.1) is 6.92 Å². The number of nitrogens with zero attached hydrogens (tertiary/aromatic N) is 1. The van der Waals surface area contributed by atoms with Crippen molar-refractivity contribution in [1.29, 1.82) is 0 Å². The van der Waals surface area contributed by atoms with Gasteiger partial charge in [-0.1, -0.05) is 12.1 Å². The molecule has 2 rings (SSSR count). The molecule has 0 atom stereocenters. The predicted molar refractivity (Wildman–Crippen MR) is 118 cm³/mol. The van der Waals surface area contributed by atoms with Gasteiger partial charge < -0.3 is 21.1 Å². The van der Waals surface area contributed by atoms with Gasteiger partial charge in [0.05, 0.1) is 11.4 Å². The van der Waals surface area contributed by atoms with Crippen molar-refractivity contribution in [2.45, 2.75) is 25.3 Å². The number of aliphatic imine (C=N–C) groups is 1. The number of benzene rings is 2. The summed E-state index contributed by atoms with van der Waals surface area (Å²) in [5, 5.41) is 18.3. The van der Waals surface area contributed by atoms with Gasteiger partial charge in [-0.3, -0.25) is 4.79 Å². The third-order valence-electron chi connectivity index (χ3n) is 4.24. The minimum atomic E-state index is -3.24. The second-order valence-electron chi connectivity index (χ2n) is 6.80. The van der Waals surface area contributed by atoms with Gasteiger partial charge in [-0.25, -0.2) is 13.4 Å². The van der Waals surface area contributed by atoms with Crippen LogP contribution >= 0.6 is 0 Å². The first-order valence-electron chi connectivity index (χ1n) is 9.59. The van der Waals surface area contributed by atoms with Crippen LogP contribution in [0.5, 0.6) is 5.75 Å². The normalized spacial score (nSPS) is 11.8. The minimum Gasteiger partial charge on any atom is -0.508 e. The van der Waals surface area contributed by atoms with Gasteiger partial charge in [0.25, 0.3) is 5.91 Å². The molecular weight excluding hydrogens is 404 g/mol. The quantitative estimate of drug-likeness (QED) is 0.286. The molecule has 0 aromatic heterocycles. The van der Waals surface area contributed by atoms with Gasteiger partial charge in [-0.05, 0) is 55.3 Å². The Labute approximate surface area is 177 Å². The highest BCUT2D eigenvalue weighted by molar-refractivity contribution is 7.90. The number of carbonyl (C=O) groups excluding carboxylic acids is 1. The molecule has 0 saturated carbocycles. The first-order chi connectivity index (χ1) is 14.2. The number of aromatic hydroxyl groups is 1. The second-order valence-corrected chi connectivity index (χ2v) is 8.78. The second kappa shape index (κ2) is 10.6. The lowest BCUT2D eigenvalue weighted by atomic mass is 10.1. The van der Waals surface area contributed by atoms with Crippen LogP contribution in [-0.4, -0.2) is 51.3 Å². The van der Waals surface area contributed by atoms with E-state index in [0.29, 0.717) is 48.2 Å². The average molecular weight is 433 g/mol. The standard InChI is InChI=1S/C21H28N4O4S/c1-4-22-21(24-12-11-23-20(27)17-6-8-18(26)9-7-17)25-14-16-5-10-19(15(2)13-16)30(3,28)29/h5-10,13,26H,4,11-12,14H2,1-3H3,(H,23,27)(H2,22,24,25). The van der Waals surface area contributed by atoms with E-state index in [0.717, 1.165) is 5.56 Å². The highest BCUT2D eigenvalue weighted by Gasteiger charge is 2.11. The molecule has 0 heterocycles. The Morgan fingerprint density at radius 3 is 2.30 bits per heavy atom. The van der Waals surface area contributed by atoms with Gasteiger partial charge in [0.1, 0.15) is 5.75 Å². The van der Waals surface area contributed by atoms with E-state index >= 15 is 0 Å². The summed E-state index contributed by atoms with van der Waals surface area (Å²) in [7, 11) is -3.24. The van der Waals surface area contributed by atoms with E-state index < -0.39 is 9.84 Å². The number of sulfone groups is 1. The first-order valence-corrected chi connectivity index (χ1v) is 11.5. The zero-order valence-electron chi connectivity index (χ0n) is 17.4. The summed E-state index contributed by atoms with van der Waals surface area (Å²) in [6.45, 7) is 5.66. The van der Waals surface area contributed by atoms with E-state index in [1.807, 2.05) is 13.0 Å². The van der Waals surface area contributed by atoms with E-state index in [1.165, 1.54) is 18.4 Å². The van der Waals surface area contributed by atoms with Crippen LogP contribution in [0.15, 0.2) is 52.4 Å². The van der Waals surface area contributed by atoms with Crippen molar-refractivity contribution in [2.24, 2.45) is 4.99 Å². The molecule has 4 N–H and O–H groups in total. The number of aryl methyl sites for hydroxylation is 1. The van der Waals surface area contributed by atoms with Crippen molar-refractivity contribution in [3.63, 3.8) is 0 Å². The Kier molecular flexibility index (Phi) is 8.23. The van der Waals surface area contributed by atoms with Gasteiger partial charge in [0.15, 0.2) is 15.8 Å². The molecule has 1 amide bonds. The predicted octanol–water partition coefficient (Wildman–Crippen LogP) is 1.59. The number of carbonyl (C=O) groups is 1. The van der Waals surface area contributed by atoms with E-state index in [9.17, 15) is 18.3 Å². The third-order valence-corrected chi connectivity index (χ3v) is 5.49. The van der Waals surface area contributed by atoms with Crippen molar-refractivity contribution >= 4 is 21.7 Å². The average Bonchev–Trinajstić information content (AvgIpc) is 2.68. The number of amides is 1.